The van der Waals surface area contributed by atoms with Gasteiger partial charge in [0.1, 0.15) is 0 Å². The summed E-state index contributed by atoms with van der Waals surface area (Å²) in [6, 6.07) is 0. The largest absolute Gasteiger partial charge is 0.286 e. The average Bonchev–Trinajstić information content (AvgIpc) is 1.87. The predicted octanol–water partition coefficient (Wildman–Crippen LogP) is 0.838. The summed E-state index contributed by atoms with van der Waals surface area (Å²) in [5, 5.41) is 9.46. The summed E-state index contributed by atoms with van der Waals surface area (Å²) in [4.78, 5) is 10.5. The topological polar surface area (TPSA) is 40.5 Å². The van der Waals surface area contributed by atoms with Crippen molar-refractivity contribution in [3.05, 3.63) is 6.92 Å². The van der Waals surface area contributed by atoms with Crippen LogP contribution in [0.4, 0.5) is 0 Å². The van der Waals surface area contributed by atoms with Gasteiger partial charge in [-0.2, -0.15) is 0 Å². The maximum atomic E-state index is 10.5. The van der Waals surface area contributed by atoms with Gasteiger partial charge in [-0.1, -0.05) is 6.92 Å². The van der Waals surface area contributed by atoms with E-state index in [-0.39, 0.29) is 12.3 Å². The van der Waals surface area contributed by atoms with Gasteiger partial charge in [-0.3, -0.25) is 10.0 Å². The van der Waals surface area contributed by atoms with Crippen LogP contribution in [0.5, 0.6) is 0 Å². The van der Waals surface area contributed by atoms with Crippen molar-refractivity contribution in [2.24, 2.45) is 0 Å². The molecule has 0 saturated carbocycles. The van der Waals surface area contributed by atoms with Gasteiger partial charge >= 0.3 is 0 Å². The quantitative estimate of drug-likeness (QED) is 0.454. The van der Waals surface area contributed by atoms with Gasteiger partial charge in [-0.15, -0.1) is 0 Å². The minimum absolute atomic E-state index is 0.122. The van der Waals surface area contributed by atoms with Crippen molar-refractivity contribution in [2.75, 3.05) is 6.54 Å². The molecular formula is C6H12NO2. The summed E-state index contributed by atoms with van der Waals surface area (Å²) in [5.41, 5.74) is 0. The number of carbonyl (C=O) groups excluding carboxylic acids is 1. The van der Waals surface area contributed by atoms with E-state index in [2.05, 4.69) is 6.92 Å². The Morgan fingerprint density at radius 3 is 2.67 bits per heavy atom. The summed E-state index contributed by atoms with van der Waals surface area (Å²) in [6.45, 7) is 5.62. The van der Waals surface area contributed by atoms with E-state index in [9.17, 15) is 4.79 Å². The Balaban J connectivity index is 3.45. The van der Waals surface area contributed by atoms with E-state index in [1.54, 1.807) is 0 Å². The van der Waals surface area contributed by atoms with Gasteiger partial charge in [0.05, 0.1) is 0 Å². The maximum Gasteiger partial charge on any atom is 0.245 e. The van der Waals surface area contributed by atoms with Crippen molar-refractivity contribution in [2.45, 2.75) is 19.8 Å². The molecule has 0 atom stereocenters. The van der Waals surface area contributed by atoms with E-state index in [4.69, 9.17) is 5.21 Å². The van der Waals surface area contributed by atoms with E-state index in [1.165, 1.54) is 0 Å². The maximum absolute atomic E-state index is 10.5. The van der Waals surface area contributed by atoms with Crippen LogP contribution in [-0.4, -0.2) is 22.7 Å². The van der Waals surface area contributed by atoms with Crippen molar-refractivity contribution in [3.63, 3.8) is 0 Å². The fraction of sp³-hybridized carbons (Fsp3) is 0.667. The molecule has 0 aromatic heterocycles. The summed E-state index contributed by atoms with van der Waals surface area (Å²) in [7, 11) is 0. The van der Waals surface area contributed by atoms with Gasteiger partial charge in [-0.05, 0) is 13.3 Å². The van der Waals surface area contributed by atoms with Crippen LogP contribution in [0, 0.1) is 6.92 Å². The van der Waals surface area contributed by atoms with Gasteiger partial charge in [-0.25, -0.2) is 5.06 Å². The predicted molar refractivity (Wildman–Crippen MR) is 33.8 cm³/mol. The Labute approximate surface area is 55.2 Å². The highest BCUT2D eigenvalue weighted by atomic mass is 16.5. The lowest BCUT2D eigenvalue weighted by atomic mass is 10.4. The second kappa shape index (κ2) is 4.32. The Morgan fingerprint density at radius 1 is 1.78 bits per heavy atom. The van der Waals surface area contributed by atoms with Crippen LogP contribution >= 0.6 is 0 Å². The van der Waals surface area contributed by atoms with E-state index < -0.39 is 0 Å². The number of amides is 1. The second-order valence-corrected chi connectivity index (χ2v) is 1.77. The molecule has 0 heterocycles. The van der Waals surface area contributed by atoms with Crippen molar-refractivity contribution < 1.29 is 10.0 Å². The van der Waals surface area contributed by atoms with Crippen LogP contribution in [-0.2, 0) is 4.79 Å². The fourth-order valence-electron chi connectivity index (χ4n) is 0.466. The monoisotopic (exact) mass is 130 g/mol. The molecule has 53 valence electrons. The first kappa shape index (κ1) is 8.43. The van der Waals surface area contributed by atoms with Gasteiger partial charge in [0.15, 0.2) is 0 Å². The van der Waals surface area contributed by atoms with E-state index in [0.29, 0.717) is 11.6 Å². The zero-order valence-corrected chi connectivity index (χ0v) is 5.63. The number of hydrogen-bond acceptors (Lipinski definition) is 2. The number of hydroxylamine groups is 2. The first-order chi connectivity index (χ1) is 4.22. The summed E-state index contributed by atoms with van der Waals surface area (Å²) in [6.07, 6.45) is 0.888. The van der Waals surface area contributed by atoms with Crippen LogP contribution in [0.25, 0.3) is 0 Å². The van der Waals surface area contributed by atoms with Gasteiger partial charge in [0, 0.05) is 13.0 Å². The SMILES string of the molecule is [CH2]CC(=O)N(O)CCC. The second-order valence-electron chi connectivity index (χ2n) is 1.77. The zero-order chi connectivity index (χ0) is 7.28. The molecule has 0 aromatic carbocycles. The lowest BCUT2D eigenvalue weighted by Crippen LogP contribution is -2.27. The van der Waals surface area contributed by atoms with Crippen LogP contribution in [0.2, 0.25) is 0 Å². The highest BCUT2D eigenvalue weighted by Gasteiger charge is 2.04. The van der Waals surface area contributed by atoms with Crippen molar-refractivity contribution in [1.29, 1.82) is 0 Å². The standard InChI is InChI=1S/C6H12NO2/c1-3-5-7(9)6(8)4-2/h9H,2-5H2,1H3. The molecule has 3 heteroatoms. The molecular weight excluding hydrogens is 118 g/mol. The van der Waals surface area contributed by atoms with Crippen LogP contribution in [0.1, 0.15) is 19.8 Å². The normalized spacial score (nSPS) is 9.22. The molecule has 0 spiro atoms. The number of hydrogen-bond donors (Lipinski definition) is 1. The summed E-state index contributed by atoms with van der Waals surface area (Å²) >= 11 is 0. The third kappa shape index (κ3) is 3.08. The number of rotatable bonds is 3. The molecule has 0 aliphatic heterocycles. The molecule has 0 aromatic rings. The van der Waals surface area contributed by atoms with Crippen molar-refractivity contribution >= 4 is 5.91 Å². The third-order valence-corrected chi connectivity index (χ3v) is 0.937. The minimum Gasteiger partial charge on any atom is -0.286 e. The molecule has 0 saturated heterocycles. The molecule has 0 unspecified atom stereocenters. The molecule has 0 rings (SSSR count). The molecule has 1 N–H and O–H groups in total. The minimum atomic E-state index is -0.322. The van der Waals surface area contributed by atoms with E-state index in [1.807, 2.05) is 6.92 Å². The lowest BCUT2D eigenvalue weighted by Gasteiger charge is -2.11. The molecule has 0 aliphatic rings. The highest BCUT2D eigenvalue weighted by Crippen LogP contribution is 1.89. The molecule has 0 bridgehead atoms. The molecule has 9 heavy (non-hydrogen) atoms. The Hall–Kier alpha value is -0.570. The zero-order valence-electron chi connectivity index (χ0n) is 5.63. The van der Waals surface area contributed by atoms with Crippen molar-refractivity contribution in [1.82, 2.24) is 5.06 Å². The van der Waals surface area contributed by atoms with Crippen LogP contribution in [0.15, 0.2) is 0 Å². The fourth-order valence-corrected chi connectivity index (χ4v) is 0.466. The summed E-state index contributed by atoms with van der Waals surface area (Å²) in [5.74, 6) is -0.322. The van der Waals surface area contributed by atoms with E-state index in [0.717, 1.165) is 6.42 Å². The average molecular weight is 130 g/mol. The Morgan fingerprint density at radius 2 is 2.33 bits per heavy atom. The van der Waals surface area contributed by atoms with Gasteiger partial charge in [0.25, 0.3) is 0 Å². The van der Waals surface area contributed by atoms with Crippen LogP contribution < -0.4 is 0 Å². The molecule has 0 fully saturated rings. The first-order valence-corrected chi connectivity index (χ1v) is 3.00. The molecule has 0 aliphatic carbocycles. The lowest BCUT2D eigenvalue weighted by molar-refractivity contribution is -0.164. The van der Waals surface area contributed by atoms with Gasteiger partial charge < -0.3 is 0 Å². The molecule has 3 nitrogen and oxygen atoms in total. The third-order valence-electron chi connectivity index (χ3n) is 0.937. The van der Waals surface area contributed by atoms with Gasteiger partial charge in [0.2, 0.25) is 5.91 Å². The van der Waals surface area contributed by atoms with Crippen LogP contribution in [0.3, 0.4) is 0 Å². The molecule has 1 amide bonds. The number of carbonyl (C=O) groups is 1. The summed E-state index contributed by atoms with van der Waals surface area (Å²) < 4.78 is 0. The van der Waals surface area contributed by atoms with Crippen molar-refractivity contribution in [3.8, 4) is 0 Å². The smallest absolute Gasteiger partial charge is 0.245 e. The Kier molecular flexibility index (Phi) is 4.05. The Bertz CT molecular complexity index is 93.1. The number of nitrogens with zero attached hydrogens (tertiary/aromatic N) is 1. The first-order valence-electron chi connectivity index (χ1n) is 3.00. The molecule has 1 radical (unpaired) electrons. The highest BCUT2D eigenvalue weighted by molar-refractivity contribution is 5.75. The van der Waals surface area contributed by atoms with E-state index >= 15 is 0 Å².